The van der Waals surface area contributed by atoms with E-state index in [2.05, 4.69) is 15.9 Å². The molecule has 2 nitrogen and oxygen atoms in total. The number of rotatable bonds is 4. The lowest BCUT2D eigenvalue weighted by atomic mass is 10.1. The third-order valence-electron chi connectivity index (χ3n) is 3.08. The molecule has 1 N–H and O–H groups in total. The summed E-state index contributed by atoms with van der Waals surface area (Å²) in [4.78, 5) is 0. The number of aryl methyl sites for hydroxylation is 1. The Kier molecular flexibility index (Phi) is 5.08. The minimum atomic E-state index is -0.469. The molecular formula is C16H16BrClO2. The standard InChI is InChI=1S/C16H16BrClO2/c1-10-7-12(11(2)19)4-6-16(10)20-9-13-3-5-14(17)8-15(13)18/h3-8,11,19H,9H2,1-2H3/t11-/m1/s1. The summed E-state index contributed by atoms with van der Waals surface area (Å²) >= 11 is 9.54. The highest BCUT2D eigenvalue weighted by molar-refractivity contribution is 9.10. The van der Waals surface area contributed by atoms with E-state index in [4.69, 9.17) is 16.3 Å². The lowest BCUT2D eigenvalue weighted by Gasteiger charge is -2.12. The van der Waals surface area contributed by atoms with E-state index in [-0.39, 0.29) is 0 Å². The summed E-state index contributed by atoms with van der Waals surface area (Å²) in [5.74, 6) is 0.799. The zero-order valence-corrected chi connectivity index (χ0v) is 13.7. The monoisotopic (exact) mass is 354 g/mol. The first-order chi connectivity index (χ1) is 9.47. The molecule has 0 aliphatic carbocycles. The molecule has 0 aliphatic heterocycles. The lowest BCUT2D eigenvalue weighted by molar-refractivity contribution is 0.199. The van der Waals surface area contributed by atoms with Gasteiger partial charge in [0, 0.05) is 15.1 Å². The van der Waals surface area contributed by atoms with Gasteiger partial charge in [0.05, 0.1) is 6.10 Å². The number of aliphatic hydroxyl groups excluding tert-OH is 1. The molecule has 0 heterocycles. The van der Waals surface area contributed by atoms with Crippen LogP contribution in [-0.2, 0) is 6.61 Å². The molecule has 0 unspecified atom stereocenters. The molecule has 20 heavy (non-hydrogen) atoms. The third kappa shape index (κ3) is 3.75. The van der Waals surface area contributed by atoms with Crippen LogP contribution in [-0.4, -0.2) is 5.11 Å². The Balaban J connectivity index is 2.11. The number of benzene rings is 2. The fourth-order valence-corrected chi connectivity index (χ4v) is 2.62. The van der Waals surface area contributed by atoms with Gasteiger partial charge in [0.1, 0.15) is 12.4 Å². The van der Waals surface area contributed by atoms with Crippen molar-refractivity contribution >= 4 is 27.5 Å². The first-order valence-corrected chi connectivity index (χ1v) is 7.50. The van der Waals surface area contributed by atoms with E-state index in [1.807, 2.05) is 43.3 Å². The highest BCUT2D eigenvalue weighted by Crippen LogP contribution is 2.26. The summed E-state index contributed by atoms with van der Waals surface area (Å²) in [6.07, 6.45) is -0.469. The predicted octanol–water partition coefficient (Wildman–Crippen LogP) is 5.04. The van der Waals surface area contributed by atoms with Crippen LogP contribution in [0.4, 0.5) is 0 Å². The van der Waals surface area contributed by atoms with Gasteiger partial charge in [-0.2, -0.15) is 0 Å². The Labute approximate surface area is 132 Å². The molecule has 0 amide bonds. The summed E-state index contributed by atoms with van der Waals surface area (Å²) in [5.41, 5.74) is 2.82. The molecule has 0 saturated carbocycles. The van der Waals surface area contributed by atoms with Crippen LogP contribution >= 0.6 is 27.5 Å². The molecule has 0 spiro atoms. The number of hydrogen-bond acceptors (Lipinski definition) is 2. The van der Waals surface area contributed by atoms with Gasteiger partial charge in [-0.1, -0.05) is 39.7 Å². The van der Waals surface area contributed by atoms with Crippen LogP contribution in [0.3, 0.4) is 0 Å². The minimum absolute atomic E-state index is 0.418. The minimum Gasteiger partial charge on any atom is -0.489 e. The van der Waals surface area contributed by atoms with Crippen LogP contribution in [0.5, 0.6) is 5.75 Å². The molecule has 0 bridgehead atoms. The van der Waals surface area contributed by atoms with E-state index in [1.165, 1.54) is 0 Å². The van der Waals surface area contributed by atoms with Crippen LogP contribution in [0.2, 0.25) is 5.02 Å². The fourth-order valence-electron chi connectivity index (χ4n) is 1.89. The summed E-state index contributed by atoms with van der Waals surface area (Å²) in [6, 6.07) is 11.4. The van der Waals surface area contributed by atoms with Gasteiger partial charge in [0.15, 0.2) is 0 Å². The van der Waals surface area contributed by atoms with Crippen molar-refractivity contribution in [1.82, 2.24) is 0 Å². The quantitative estimate of drug-likeness (QED) is 0.832. The van der Waals surface area contributed by atoms with Crippen LogP contribution in [0.15, 0.2) is 40.9 Å². The van der Waals surface area contributed by atoms with Crippen molar-refractivity contribution in [3.8, 4) is 5.75 Å². The highest BCUT2D eigenvalue weighted by Gasteiger charge is 2.07. The summed E-state index contributed by atoms with van der Waals surface area (Å²) < 4.78 is 6.74. The van der Waals surface area contributed by atoms with Crippen LogP contribution < -0.4 is 4.74 Å². The zero-order valence-electron chi connectivity index (χ0n) is 11.4. The van der Waals surface area contributed by atoms with Crippen molar-refractivity contribution in [2.75, 3.05) is 0 Å². The molecule has 4 heteroatoms. The second-order valence-corrected chi connectivity index (χ2v) is 6.05. The molecule has 1 atom stereocenters. The van der Waals surface area contributed by atoms with Crippen molar-refractivity contribution in [3.05, 3.63) is 62.6 Å². The number of aliphatic hydroxyl groups is 1. The second kappa shape index (κ2) is 6.61. The molecule has 106 valence electrons. The Morgan fingerprint density at radius 3 is 2.60 bits per heavy atom. The number of ether oxygens (including phenoxy) is 1. The van der Waals surface area contributed by atoms with E-state index in [1.54, 1.807) is 6.92 Å². The number of hydrogen-bond donors (Lipinski definition) is 1. The SMILES string of the molecule is Cc1cc([C@@H](C)O)ccc1OCc1ccc(Br)cc1Cl. The first kappa shape index (κ1) is 15.4. The largest absolute Gasteiger partial charge is 0.489 e. The Morgan fingerprint density at radius 2 is 2.00 bits per heavy atom. The van der Waals surface area contributed by atoms with E-state index >= 15 is 0 Å². The third-order valence-corrected chi connectivity index (χ3v) is 3.92. The molecule has 0 saturated heterocycles. The van der Waals surface area contributed by atoms with Crippen molar-refractivity contribution in [3.63, 3.8) is 0 Å². The molecule has 2 aromatic carbocycles. The molecule has 0 fully saturated rings. The van der Waals surface area contributed by atoms with E-state index in [0.717, 1.165) is 26.9 Å². The normalized spacial score (nSPS) is 12.2. The van der Waals surface area contributed by atoms with Crippen molar-refractivity contribution in [1.29, 1.82) is 0 Å². The molecule has 2 aromatic rings. The maximum Gasteiger partial charge on any atom is 0.122 e. The second-order valence-electron chi connectivity index (χ2n) is 4.73. The number of halogens is 2. The van der Waals surface area contributed by atoms with Gasteiger partial charge in [0.25, 0.3) is 0 Å². The lowest BCUT2D eigenvalue weighted by Crippen LogP contribution is -1.99. The Hall–Kier alpha value is -1.03. The average Bonchev–Trinajstić information content (AvgIpc) is 2.38. The van der Waals surface area contributed by atoms with Crippen LogP contribution in [0.1, 0.15) is 29.7 Å². The van der Waals surface area contributed by atoms with Gasteiger partial charge < -0.3 is 9.84 Å². The molecule has 0 aliphatic rings. The topological polar surface area (TPSA) is 29.5 Å². The van der Waals surface area contributed by atoms with Crippen molar-refractivity contribution < 1.29 is 9.84 Å². The van der Waals surface area contributed by atoms with Gasteiger partial charge in [-0.05, 0) is 49.2 Å². The highest BCUT2D eigenvalue weighted by atomic mass is 79.9. The molecule has 2 rings (SSSR count). The van der Waals surface area contributed by atoms with Gasteiger partial charge in [-0.15, -0.1) is 0 Å². The van der Waals surface area contributed by atoms with Gasteiger partial charge in [-0.3, -0.25) is 0 Å². The fraction of sp³-hybridized carbons (Fsp3) is 0.250. The predicted molar refractivity (Wildman–Crippen MR) is 85.3 cm³/mol. The smallest absolute Gasteiger partial charge is 0.122 e. The maximum absolute atomic E-state index is 9.55. The zero-order chi connectivity index (χ0) is 14.7. The van der Waals surface area contributed by atoms with Crippen molar-refractivity contribution in [2.45, 2.75) is 26.6 Å². The van der Waals surface area contributed by atoms with Gasteiger partial charge >= 0.3 is 0 Å². The molecule has 0 radical (unpaired) electrons. The maximum atomic E-state index is 9.55. The van der Waals surface area contributed by atoms with E-state index in [0.29, 0.717) is 11.6 Å². The average molecular weight is 356 g/mol. The molecular weight excluding hydrogens is 340 g/mol. The van der Waals surface area contributed by atoms with E-state index < -0.39 is 6.10 Å². The van der Waals surface area contributed by atoms with Gasteiger partial charge in [-0.25, -0.2) is 0 Å². The first-order valence-electron chi connectivity index (χ1n) is 6.32. The Bertz CT molecular complexity index is 611. The molecule has 0 aromatic heterocycles. The van der Waals surface area contributed by atoms with Gasteiger partial charge in [0.2, 0.25) is 0 Å². The van der Waals surface area contributed by atoms with E-state index in [9.17, 15) is 5.11 Å². The van der Waals surface area contributed by atoms with Crippen molar-refractivity contribution in [2.24, 2.45) is 0 Å². The summed E-state index contributed by atoms with van der Waals surface area (Å²) in [6.45, 7) is 4.13. The van der Waals surface area contributed by atoms with Crippen LogP contribution in [0, 0.1) is 6.92 Å². The summed E-state index contributed by atoms with van der Waals surface area (Å²) in [5, 5.41) is 10.2. The Morgan fingerprint density at radius 1 is 1.25 bits per heavy atom. The summed E-state index contributed by atoms with van der Waals surface area (Å²) in [7, 11) is 0. The van der Waals surface area contributed by atoms with Crippen LogP contribution in [0.25, 0.3) is 0 Å².